The average molecular weight is 503 g/mol. The number of morpholine rings is 1. The van der Waals surface area contributed by atoms with Crippen molar-refractivity contribution in [3.8, 4) is 5.88 Å². The van der Waals surface area contributed by atoms with Gasteiger partial charge in [0.1, 0.15) is 6.61 Å². The zero-order valence-electron chi connectivity index (χ0n) is 15.1. The highest BCUT2D eigenvalue weighted by Crippen LogP contribution is 2.29. The maximum atomic E-state index is 12.5. The number of aromatic nitrogens is 1. The molecule has 0 radical (unpaired) electrons. The van der Waals surface area contributed by atoms with Crippen molar-refractivity contribution in [2.24, 2.45) is 4.99 Å². The Balaban J connectivity index is 0.00000364. The second-order valence-corrected chi connectivity index (χ2v) is 5.61. The zero-order chi connectivity index (χ0) is 18.8. The van der Waals surface area contributed by atoms with E-state index >= 15 is 0 Å². The molecule has 1 aliphatic rings. The lowest BCUT2D eigenvalue weighted by Gasteiger charge is -2.26. The molecule has 0 aliphatic carbocycles. The molecule has 2 rings (SSSR count). The lowest BCUT2D eigenvalue weighted by atomic mass is 10.3. The minimum atomic E-state index is -4.40. The van der Waals surface area contributed by atoms with Crippen LogP contribution in [0.25, 0.3) is 0 Å². The van der Waals surface area contributed by atoms with Gasteiger partial charge in [-0.15, -0.1) is 24.0 Å². The van der Waals surface area contributed by atoms with E-state index < -0.39 is 11.7 Å². The molecular formula is C16H25F3IN5O2. The number of nitrogens with one attached hydrogen (secondary N) is 2. The lowest BCUT2D eigenvalue weighted by molar-refractivity contribution is -0.137. The first kappa shape index (κ1) is 23.7. The van der Waals surface area contributed by atoms with Crippen molar-refractivity contribution >= 4 is 29.9 Å². The molecule has 0 bridgehead atoms. The van der Waals surface area contributed by atoms with Gasteiger partial charge in [0, 0.05) is 45.5 Å². The highest BCUT2D eigenvalue weighted by molar-refractivity contribution is 14.0. The van der Waals surface area contributed by atoms with Crippen LogP contribution in [0.1, 0.15) is 5.56 Å². The minimum Gasteiger partial charge on any atom is -0.476 e. The number of pyridine rings is 1. The van der Waals surface area contributed by atoms with Crippen molar-refractivity contribution in [2.45, 2.75) is 6.18 Å². The predicted octanol–water partition coefficient (Wildman–Crippen LogP) is 1.59. The van der Waals surface area contributed by atoms with Gasteiger partial charge in [-0.3, -0.25) is 9.89 Å². The summed E-state index contributed by atoms with van der Waals surface area (Å²) in [5, 5.41) is 6.28. The average Bonchev–Trinajstić information content (AvgIpc) is 2.64. The van der Waals surface area contributed by atoms with Gasteiger partial charge in [0.15, 0.2) is 5.96 Å². The first-order valence-electron chi connectivity index (χ1n) is 8.39. The fraction of sp³-hybridized carbons (Fsp3) is 0.625. The molecule has 1 aromatic heterocycles. The highest BCUT2D eigenvalue weighted by atomic mass is 127. The van der Waals surface area contributed by atoms with Crippen molar-refractivity contribution in [3.63, 3.8) is 0 Å². The molecule has 0 atom stereocenters. The van der Waals surface area contributed by atoms with Gasteiger partial charge < -0.3 is 20.1 Å². The van der Waals surface area contributed by atoms with Gasteiger partial charge >= 0.3 is 6.18 Å². The smallest absolute Gasteiger partial charge is 0.417 e. The summed E-state index contributed by atoms with van der Waals surface area (Å²) in [7, 11) is 1.67. The van der Waals surface area contributed by atoms with E-state index in [1.54, 1.807) is 7.05 Å². The Morgan fingerprint density at radius 1 is 1.26 bits per heavy atom. The monoisotopic (exact) mass is 503 g/mol. The lowest BCUT2D eigenvalue weighted by Crippen LogP contribution is -2.45. The summed E-state index contributed by atoms with van der Waals surface area (Å²) in [6, 6.07) is 2.15. The Kier molecular flexibility index (Phi) is 10.7. The number of halogens is 4. The van der Waals surface area contributed by atoms with Crippen LogP contribution < -0.4 is 15.4 Å². The van der Waals surface area contributed by atoms with Crippen molar-refractivity contribution in [2.75, 3.05) is 59.6 Å². The van der Waals surface area contributed by atoms with Crippen LogP contribution in [0.5, 0.6) is 5.88 Å². The van der Waals surface area contributed by atoms with Crippen LogP contribution in [0.3, 0.4) is 0 Å². The third-order valence-corrected chi connectivity index (χ3v) is 3.76. The summed E-state index contributed by atoms with van der Waals surface area (Å²) >= 11 is 0. The van der Waals surface area contributed by atoms with Crippen LogP contribution >= 0.6 is 24.0 Å². The Morgan fingerprint density at radius 3 is 2.56 bits per heavy atom. The molecule has 0 amide bonds. The van der Waals surface area contributed by atoms with Crippen LogP contribution in [0, 0.1) is 0 Å². The summed E-state index contributed by atoms with van der Waals surface area (Å²) in [4.78, 5) is 10.1. The largest absolute Gasteiger partial charge is 0.476 e. The number of alkyl halides is 3. The van der Waals surface area contributed by atoms with Gasteiger partial charge in [-0.1, -0.05) is 0 Å². The number of aliphatic imine (C=N–C) groups is 1. The van der Waals surface area contributed by atoms with E-state index in [9.17, 15) is 13.2 Å². The fourth-order valence-corrected chi connectivity index (χ4v) is 2.34. The van der Waals surface area contributed by atoms with Crippen molar-refractivity contribution in [1.82, 2.24) is 20.5 Å². The van der Waals surface area contributed by atoms with Gasteiger partial charge in [0.2, 0.25) is 5.88 Å². The summed E-state index contributed by atoms with van der Waals surface area (Å²) in [5.74, 6) is 0.789. The van der Waals surface area contributed by atoms with Crippen molar-refractivity contribution < 1.29 is 22.6 Å². The summed E-state index contributed by atoms with van der Waals surface area (Å²) in [6.45, 7) is 5.74. The van der Waals surface area contributed by atoms with Crippen molar-refractivity contribution in [3.05, 3.63) is 23.9 Å². The normalized spacial score (nSPS) is 15.8. The SMILES string of the molecule is CN=C(NCCOc1ccc(C(F)(F)F)cn1)NCCN1CCOCC1.I. The first-order chi connectivity index (χ1) is 12.5. The van der Waals surface area contributed by atoms with Crippen LogP contribution in [0.2, 0.25) is 0 Å². The molecule has 11 heteroatoms. The minimum absolute atomic E-state index is 0. The van der Waals surface area contributed by atoms with Crippen LogP contribution in [0.4, 0.5) is 13.2 Å². The maximum absolute atomic E-state index is 12.5. The van der Waals surface area contributed by atoms with Crippen LogP contribution in [-0.4, -0.2) is 75.4 Å². The van der Waals surface area contributed by atoms with E-state index in [0.29, 0.717) is 12.5 Å². The first-order valence-corrected chi connectivity index (χ1v) is 8.39. The van der Waals surface area contributed by atoms with Crippen molar-refractivity contribution in [1.29, 1.82) is 0 Å². The number of nitrogens with zero attached hydrogens (tertiary/aromatic N) is 3. The van der Waals surface area contributed by atoms with E-state index in [1.165, 1.54) is 6.07 Å². The number of hydrogen-bond acceptors (Lipinski definition) is 5. The molecule has 154 valence electrons. The Hall–Kier alpha value is -1.34. The molecule has 1 saturated heterocycles. The third kappa shape index (κ3) is 8.93. The maximum Gasteiger partial charge on any atom is 0.417 e. The molecule has 27 heavy (non-hydrogen) atoms. The second-order valence-electron chi connectivity index (χ2n) is 5.61. The molecule has 2 N–H and O–H groups in total. The Morgan fingerprint density at radius 2 is 1.96 bits per heavy atom. The number of rotatable bonds is 7. The molecule has 1 aromatic rings. The van der Waals surface area contributed by atoms with Gasteiger partial charge in [-0.25, -0.2) is 4.98 Å². The molecule has 7 nitrogen and oxygen atoms in total. The molecular weight excluding hydrogens is 478 g/mol. The van der Waals surface area contributed by atoms with E-state index in [1.807, 2.05) is 0 Å². The summed E-state index contributed by atoms with van der Waals surface area (Å²) in [5.41, 5.74) is -0.798. The highest BCUT2D eigenvalue weighted by Gasteiger charge is 2.30. The fourth-order valence-electron chi connectivity index (χ4n) is 2.34. The zero-order valence-corrected chi connectivity index (χ0v) is 17.4. The number of ether oxygens (including phenoxy) is 2. The topological polar surface area (TPSA) is 71.0 Å². The van der Waals surface area contributed by atoms with Crippen LogP contribution in [0.15, 0.2) is 23.3 Å². The molecule has 0 aromatic carbocycles. The molecule has 2 heterocycles. The molecule has 1 fully saturated rings. The van der Waals surface area contributed by atoms with E-state index in [0.717, 1.165) is 51.7 Å². The Labute approximate surface area is 173 Å². The molecule has 0 unspecified atom stereocenters. The van der Waals surface area contributed by atoms with Gasteiger partial charge in [-0.05, 0) is 6.07 Å². The van der Waals surface area contributed by atoms with E-state index in [4.69, 9.17) is 9.47 Å². The molecule has 1 aliphatic heterocycles. The number of hydrogen-bond donors (Lipinski definition) is 2. The summed E-state index contributed by atoms with van der Waals surface area (Å²) in [6.07, 6.45) is -3.64. The Bertz CT molecular complexity index is 566. The second kappa shape index (κ2) is 12.2. The van der Waals surface area contributed by atoms with Gasteiger partial charge in [0.25, 0.3) is 0 Å². The standard InChI is InChI=1S/C16H24F3N5O2.HI/c1-20-15(21-4-6-24-7-10-25-11-8-24)22-5-9-26-14-3-2-13(12-23-14)16(17,18)19;/h2-3,12H,4-11H2,1H3,(H2,20,21,22);1H. The third-order valence-electron chi connectivity index (χ3n) is 3.76. The summed E-state index contributed by atoms with van der Waals surface area (Å²) < 4.78 is 48.0. The van der Waals surface area contributed by atoms with E-state index in [-0.39, 0.29) is 36.5 Å². The predicted molar refractivity (Wildman–Crippen MR) is 107 cm³/mol. The molecule has 0 spiro atoms. The van der Waals surface area contributed by atoms with Gasteiger partial charge in [-0.2, -0.15) is 13.2 Å². The van der Waals surface area contributed by atoms with E-state index in [2.05, 4.69) is 25.5 Å². The van der Waals surface area contributed by atoms with Crippen LogP contribution in [-0.2, 0) is 10.9 Å². The quantitative estimate of drug-likeness (QED) is 0.255. The molecule has 0 saturated carbocycles. The number of guanidine groups is 1. The van der Waals surface area contributed by atoms with Gasteiger partial charge in [0.05, 0.1) is 25.3 Å².